The molecule has 5 N–H and O–H groups in total. The van der Waals surface area contributed by atoms with Crippen molar-refractivity contribution < 1.29 is 5.11 Å². The van der Waals surface area contributed by atoms with Crippen LogP contribution in [0.25, 0.3) is 0 Å². The van der Waals surface area contributed by atoms with Crippen molar-refractivity contribution in [2.75, 3.05) is 6.54 Å². The van der Waals surface area contributed by atoms with Crippen LogP contribution in [-0.4, -0.2) is 23.7 Å². The third-order valence-electron chi connectivity index (χ3n) is 1.46. The van der Waals surface area contributed by atoms with E-state index in [0.29, 0.717) is 6.54 Å². The minimum absolute atomic E-state index is 0.121. The van der Waals surface area contributed by atoms with Gasteiger partial charge in [0.1, 0.15) is 0 Å². The normalized spacial score (nSPS) is 12.5. The fraction of sp³-hybridized carbons (Fsp3) is 0.857. The van der Waals surface area contributed by atoms with Gasteiger partial charge in [-0.3, -0.25) is 4.99 Å². The van der Waals surface area contributed by atoms with Crippen LogP contribution in [0.4, 0.5) is 0 Å². The summed E-state index contributed by atoms with van der Waals surface area (Å²) < 4.78 is 0. The number of guanidine groups is 1. The van der Waals surface area contributed by atoms with E-state index in [9.17, 15) is 0 Å². The van der Waals surface area contributed by atoms with Gasteiger partial charge in [-0.05, 0) is 19.3 Å². The molecule has 0 amide bonds. The molecule has 0 aromatic rings. The molecule has 0 fully saturated rings. The zero-order valence-electron chi connectivity index (χ0n) is 6.95. The molecule has 0 rings (SSSR count). The topological polar surface area (TPSA) is 84.6 Å². The van der Waals surface area contributed by atoms with E-state index in [-0.39, 0.29) is 12.1 Å². The Morgan fingerprint density at radius 3 is 2.64 bits per heavy atom. The molecule has 0 radical (unpaired) electrons. The van der Waals surface area contributed by atoms with Crippen molar-refractivity contribution in [1.29, 1.82) is 0 Å². The number of nitrogens with zero attached hydrogens (tertiary/aromatic N) is 1. The number of hydrogen-bond acceptors (Lipinski definition) is 2. The molecule has 4 nitrogen and oxygen atoms in total. The van der Waals surface area contributed by atoms with Crippen LogP contribution in [0.5, 0.6) is 0 Å². The zero-order chi connectivity index (χ0) is 8.69. The van der Waals surface area contributed by atoms with Crippen LogP contribution in [0.2, 0.25) is 0 Å². The number of hydrogen-bond donors (Lipinski definition) is 3. The highest BCUT2D eigenvalue weighted by atomic mass is 16.3. The smallest absolute Gasteiger partial charge is 0.185 e. The van der Waals surface area contributed by atoms with E-state index >= 15 is 0 Å². The molecule has 0 aromatic carbocycles. The molecule has 4 heteroatoms. The standard InChI is InChI=1S/C7H17N3O/c1-2-6(11)4-3-5-10-7(8)9/h6,11H,2-5H2,1H3,(H4,8,9,10). The number of aliphatic hydroxyl groups excluding tert-OH is 1. The molecule has 11 heavy (non-hydrogen) atoms. The van der Waals surface area contributed by atoms with Gasteiger partial charge in [0.2, 0.25) is 0 Å². The average molecular weight is 159 g/mol. The van der Waals surface area contributed by atoms with E-state index in [0.717, 1.165) is 19.3 Å². The summed E-state index contributed by atoms with van der Waals surface area (Å²) in [5.41, 5.74) is 10.2. The molecular weight excluding hydrogens is 142 g/mol. The lowest BCUT2D eigenvalue weighted by atomic mass is 10.1. The number of nitrogens with two attached hydrogens (primary N) is 2. The Balaban J connectivity index is 3.21. The van der Waals surface area contributed by atoms with Gasteiger partial charge < -0.3 is 16.6 Å². The quantitative estimate of drug-likeness (QED) is 0.295. The van der Waals surface area contributed by atoms with Crippen molar-refractivity contribution in [3.63, 3.8) is 0 Å². The van der Waals surface area contributed by atoms with Crippen molar-refractivity contribution in [3.05, 3.63) is 0 Å². The van der Waals surface area contributed by atoms with Gasteiger partial charge in [-0.1, -0.05) is 6.92 Å². The maximum Gasteiger partial charge on any atom is 0.185 e. The van der Waals surface area contributed by atoms with Gasteiger partial charge in [0.15, 0.2) is 5.96 Å². The summed E-state index contributed by atoms with van der Waals surface area (Å²) in [7, 11) is 0. The van der Waals surface area contributed by atoms with Crippen molar-refractivity contribution in [3.8, 4) is 0 Å². The molecule has 0 aromatic heterocycles. The molecule has 0 aliphatic rings. The Kier molecular flexibility index (Phi) is 5.56. The average Bonchev–Trinajstić information content (AvgIpc) is 1.97. The molecule has 66 valence electrons. The number of aliphatic hydroxyl groups is 1. The van der Waals surface area contributed by atoms with Crippen LogP contribution >= 0.6 is 0 Å². The van der Waals surface area contributed by atoms with E-state index in [1.165, 1.54) is 0 Å². The Labute approximate surface area is 67.3 Å². The van der Waals surface area contributed by atoms with Gasteiger partial charge >= 0.3 is 0 Å². The lowest BCUT2D eigenvalue weighted by molar-refractivity contribution is 0.158. The van der Waals surface area contributed by atoms with Crippen LogP contribution in [0.1, 0.15) is 26.2 Å². The maximum atomic E-state index is 9.11. The van der Waals surface area contributed by atoms with Crippen LogP contribution in [0.3, 0.4) is 0 Å². The predicted octanol–water partition coefficient (Wildman–Crippen LogP) is -0.189. The summed E-state index contributed by atoms with van der Waals surface area (Å²) in [6, 6.07) is 0. The zero-order valence-corrected chi connectivity index (χ0v) is 6.95. The third-order valence-corrected chi connectivity index (χ3v) is 1.46. The van der Waals surface area contributed by atoms with E-state index < -0.39 is 0 Å². The molecule has 0 aliphatic heterocycles. The summed E-state index contributed by atoms with van der Waals surface area (Å²) in [6.07, 6.45) is 2.20. The van der Waals surface area contributed by atoms with Gasteiger partial charge in [-0.25, -0.2) is 0 Å². The summed E-state index contributed by atoms with van der Waals surface area (Å²) in [5, 5.41) is 9.11. The monoisotopic (exact) mass is 159 g/mol. The minimum atomic E-state index is -0.204. The van der Waals surface area contributed by atoms with E-state index in [1.807, 2.05) is 6.92 Å². The first kappa shape index (κ1) is 10.2. The van der Waals surface area contributed by atoms with Crippen LogP contribution in [0, 0.1) is 0 Å². The van der Waals surface area contributed by atoms with Gasteiger partial charge in [0.25, 0.3) is 0 Å². The van der Waals surface area contributed by atoms with E-state index in [1.54, 1.807) is 0 Å². The largest absolute Gasteiger partial charge is 0.393 e. The highest BCUT2D eigenvalue weighted by Crippen LogP contribution is 2.00. The summed E-state index contributed by atoms with van der Waals surface area (Å²) in [4.78, 5) is 3.79. The first-order valence-corrected chi connectivity index (χ1v) is 3.90. The third kappa shape index (κ3) is 7.12. The van der Waals surface area contributed by atoms with Crippen molar-refractivity contribution in [1.82, 2.24) is 0 Å². The van der Waals surface area contributed by atoms with Gasteiger partial charge in [-0.2, -0.15) is 0 Å². The fourth-order valence-corrected chi connectivity index (χ4v) is 0.739. The molecule has 0 saturated heterocycles. The van der Waals surface area contributed by atoms with Crippen LogP contribution in [0.15, 0.2) is 4.99 Å². The van der Waals surface area contributed by atoms with Crippen LogP contribution < -0.4 is 11.5 Å². The molecule has 1 unspecified atom stereocenters. The molecule has 0 bridgehead atoms. The van der Waals surface area contributed by atoms with Crippen molar-refractivity contribution >= 4 is 5.96 Å². The second-order valence-corrected chi connectivity index (χ2v) is 2.51. The molecule has 0 aliphatic carbocycles. The van der Waals surface area contributed by atoms with E-state index in [4.69, 9.17) is 16.6 Å². The van der Waals surface area contributed by atoms with Crippen LogP contribution in [-0.2, 0) is 0 Å². The van der Waals surface area contributed by atoms with Gasteiger partial charge in [0.05, 0.1) is 6.10 Å². The Hall–Kier alpha value is -0.770. The van der Waals surface area contributed by atoms with Gasteiger partial charge in [0, 0.05) is 6.54 Å². The molecule has 0 saturated carbocycles. The minimum Gasteiger partial charge on any atom is -0.393 e. The lowest BCUT2D eigenvalue weighted by Gasteiger charge is -2.04. The first-order valence-electron chi connectivity index (χ1n) is 3.90. The highest BCUT2D eigenvalue weighted by Gasteiger charge is 1.98. The predicted molar refractivity (Wildman–Crippen MR) is 46.2 cm³/mol. The summed E-state index contributed by atoms with van der Waals surface area (Å²) >= 11 is 0. The Morgan fingerprint density at radius 2 is 2.18 bits per heavy atom. The molecular formula is C7H17N3O. The second kappa shape index (κ2) is 5.97. The van der Waals surface area contributed by atoms with Crippen molar-refractivity contribution in [2.24, 2.45) is 16.5 Å². The maximum absolute atomic E-state index is 9.11. The number of aliphatic imine (C=N–C) groups is 1. The Morgan fingerprint density at radius 1 is 1.55 bits per heavy atom. The molecule has 0 spiro atoms. The van der Waals surface area contributed by atoms with E-state index in [2.05, 4.69) is 4.99 Å². The number of rotatable bonds is 5. The second-order valence-electron chi connectivity index (χ2n) is 2.51. The Bertz CT molecular complexity index is 121. The first-order chi connectivity index (χ1) is 5.16. The summed E-state index contributed by atoms with van der Waals surface area (Å²) in [5.74, 6) is 0.121. The highest BCUT2D eigenvalue weighted by molar-refractivity contribution is 5.75. The lowest BCUT2D eigenvalue weighted by Crippen LogP contribution is -2.23. The molecule has 0 heterocycles. The summed E-state index contributed by atoms with van der Waals surface area (Å²) in [6.45, 7) is 2.56. The van der Waals surface area contributed by atoms with Crippen molar-refractivity contribution in [2.45, 2.75) is 32.3 Å². The van der Waals surface area contributed by atoms with Gasteiger partial charge in [-0.15, -0.1) is 0 Å². The molecule has 1 atom stereocenters. The fourth-order valence-electron chi connectivity index (χ4n) is 0.739. The SMILES string of the molecule is CCC(O)CCCN=C(N)N.